The molecule has 4 rings (SSSR count). The van der Waals surface area contributed by atoms with Crippen LogP contribution in [0.1, 0.15) is 5.82 Å². The number of nitrogens with zero attached hydrogens (tertiary/aromatic N) is 6. The SMILES string of the molecule is Fc1cnc2c(NCc3nnc4cccnn34)ccnc2c1. The van der Waals surface area contributed by atoms with Gasteiger partial charge in [0.05, 0.1) is 23.9 Å². The van der Waals surface area contributed by atoms with Crippen molar-refractivity contribution in [2.45, 2.75) is 6.54 Å². The van der Waals surface area contributed by atoms with E-state index in [1.807, 2.05) is 6.07 Å². The summed E-state index contributed by atoms with van der Waals surface area (Å²) in [5, 5.41) is 15.5. The highest BCUT2D eigenvalue weighted by Crippen LogP contribution is 2.20. The van der Waals surface area contributed by atoms with Gasteiger partial charge < -0.3 is 5.32 Å². The van der Waals surface area contributed by atoms with E-state index in [2.05, 4.69) is 30.6 Å². The largest absolute Gasteiger partial charge is 0.376 e. The average molecular weight is 295 g/mol. The Morgan fingerprint density at radius 2 is 2.09 bits per heavy atom. The molecule has 1 N–H and O–H groups in total. The van der Waals surface area contributed by atoms with Gasteiger partial charge in [-0.15, -0.1) is 10.2 Å². The van der Waals surface area contributed by atoms with Crippen LogP contribution in [0.25, 0.3) is 16.7 Å². The molecule has 0 unspecified atom stereocenters. The van der Waals surface area contributed by atoms with Crippen molar-refractivity contribution in [2.75, 3.05) is 5.32 Å². The van der Waals surface area contributed by atoms with Crippen LogP contribution in [0.4, 0.5) is 10.1 Å². The van der Waals surface area contributed by atoms with Gasteiger partial charge in [0.2, 0.25) is 0 Å². The summed E-state index contributed by atoms with van der Waals surface area (Å²) < 4.78 is 14.9. The number of hydrogen-bond donors (Lipinski definition) is 1. The van der Waals surface area contributed by atoms with Gasteiger partial charge in [0.1, 0.15) is 11.3 Å². The third kappa shape index (κ3) is 2.10. The van der Waals surface area contributed by atoms with Crippen LogP contribution in [-0.2, 0) is 6.54 Å². The van der Waals surface area contributed by atoms with Gasteiger partial charge in [-0.3, -0.25) is 4.98 Å². The molecular weight excluding hydrogens is 285 g/mol. The summed E-state index contributed by atoms with van der Waals surface area (Å²) in [6, 6.07) is 6.76. The van der Waals surface area contributed by atoms with Crippen LogP contribution in [0.2, 0.25) is 0 Å². The zero-order chi connectivity index (χ0) is 14.9. The maximum atomic E-state index is 13.2. The maximum Gasteiger partial charge on any atom is 0.177 e. The lowest BCUT2D eigenvalue weighted by molar-refractivity contribution is 0.624. The van der Waals surface area contributed by atoms with Crippen molar-refractivity contribution in [2.24, 2.45) is 0 Å². The maximum absolute atomic E-state index is 13.2. The first-order valence-electron chi connectivity index (χ1n) is 6.61. The number of rotatable bonds is 3. The van der Waals surface area contributed by atoms with Crippen molar-refractivity contribution in [3.8, 4) is 0 Å². The van der Waals surface area contributed by atoms with E-state index in [9.17, 15) is 4.39 Å². The third-order valence-corrected chi connectivity index (χ3v) is 3.22. The summed E-state index contributed by atoms with van der Waals surface area (Å²) in [5.41, 5.74) is 2.52. The van der Waals surface area contributed by atoms with Crippen molar-refractivity contribution in [3.05, 3.63) is 54.5 Å². The molecule has 0 fully saturated rings. The van der Waals surface area contributed by atoms with E-state index < -0.39 is 5.82 Å². The molecule has 0 radical (unpaired) electrons. The van der Waals surface area contributed by atoms with Crippen LogP contribution in [0.5, 0.6) is 0 Å². The Kier molecular flexibility index (Phi) is 2.85. The van der Waals surface area contributed by atoms with Gasteiger partial charge in [0, 0.05) is 18.5 Å². The van der Waals surface area contributed by atoms with Gasteiger partial charge in [-0.05, 0) is 18.2 Å². The Labute approximate surface area is 123 Å². The van der Waals surface area contributed by atoms with Crippen molar-refractivity contribution in [1.29, 1.82) is 0 Å². The first-order chi connectivity index (χ1) is 10.8. The zero-order valence-corrected chi connectivity index (χ0v) is 11.3. The predicted octanol–water partition coefficient (Wildman–Crippen LogP) is 1.82. The summed E-state index contributed by atoms with van der Waals surface area (Å²) in [6.45, 7) is 0.413. The monoisotopic (exact) mass is 295 g/mol. The second kappa shape index (κ2) is 4.99. The Bertz CT molecular complexity index is 966. The molecule has 4 aromatic rings. The molecule has 0 atom stereocenters. The molecule has 0 amide bonds. The van der Waals surface area contributed by atoms with E-state index in [1.54, 1.807) is 29.0 Å². The average Bonchev–Trinajstić information content (AvgIpc) is 2.96. The third-order valence-electron chi connectivity index (χ3n) is 3.22. The molecule has 7 nitrogen and oxygen atoms in total. The van der Waals surface area contributed by atoms with Gasteiger partial charge in [-0.2, -0.15) is 9.61 Å². The Morgan fingerprint density at radius 1 is 1.14 bits per heavy atom. The number of pyridine rings is 2. The van der Waals surface area contributed by atoms with E-state index in [1.165, 1.54) is 12.3 Å². The molecule has 0 saturated carbocycles. The molecule has 22 heavy (non-hydrogen) atoms. The first kappa shape index (κ1) is 12.6. The van der Waals surface area contributed by atoms with Crippen molar-refractivity contribution >= 4 is 22.4 Å². The fraction of sp³-hybridized carbons (Fsp3) is 0.0714. The number of hydrogen-bond acceptors (Lipinski definition) is 6. The molecule has 0 aliphatic carbocycles. The number of nitrogens with one attached hydrogen (secondary N) is 1. The van der Waals surface area contributed by atoms with Gasteiger partial charge in [-0.1, -0.05) is 0 Å². The summed E-state index contributed by atoms with van der Waals surface area (Å²) in [6.07, 6.45) is 4.45. The van der Waals surface area contributed by atoms with Gasteiger partial charge in [0.25, 0.3) is 0 Å². The predicted molar refractivity (Wildman–Crippen MR) is 77.6 cm³/mol. The second-order valence-electron chi connectivity index (χ2n) is 4.64. The Balaban J connectivity index is 1.67. The molecular formula is C14H10FN7. The van der Waals surface area contributed by atoms with E-state index in [0.29, 0.717) is 29.0 Å². The van der Waals surface area contributed by atoms with Crippen LogP contribution < -0.4 is 5.32 Å². The van der Waals surface area contributed by atoms with Crippen molar-refractivity contribution in [3.63, 3.8) is 0 Å². The minimum atomic E-state index is -0.412. The van der Waals surface area contributed by atoms with Crippen LogP contribution in [0.3, 0.4) is 0 Å². The van der Waals surface area contributed by atoms with Crippen molar-refractivity contribution in [1.82, 2.24) is 29.8 Å². The molecule has 0 aliphatic rings. The molecule has 108 valence electrons. The fourth-order valence-electron chi connectivity index (χ4n) is 2.22. The molecule has 0 spiro atoms. The van der Waals surface area contributed by atoms with Crippen LogP contribution in [-0.4, -0.2) is 29.8 Å². The Morgan fingerprint density at radius 3 is 3.05 bits per heavy atom. The highest BCUT2D eigenvalue weighted by molar-refractivity contribution is 5.86. The number of halogens is 1. The lowest BCUT2D eigenvalue weighted by atomic mass is 10.3. The fourth-order valence-corrected chi connectivity index (χ4v) is 2.22. The van der Waals surface area contributed by atoms with Gasteiger partial charge >= 0.3 is 0 Å². The van der Waals surface area contributed by atoms with E-state index in [0.717, 1.165) is 5.69 Å². The van der Waals surface area contributed by atoms with Crippen LogP contribution in [0.15, 0.2) is 42.9 Å². The summed E-state index contributed by atoms with van der Waals surface area (Å²) >= 11 is 0. The standard InChI is InChI=1S/C14H10FN7/c15-9-6-11-14(18-7-9)10(3-5-16-11)17-8-13-21-20-12-2-1-4-19-22(12)13/h1-7H,8H2,(H,16,17). The van der Waals surface area contributed by atoms with Crippen LogP contribution >= 0.6 is 0 Å². The summed E-state index contributed by atoms with van der Waals surface area (Å²) in [5.74, 6) is 0.257. The molecule has 0 saturated heterocycles. The first-order valence-corrected chi connectivity index (χ1v) is 6.61. The van der Waals surface area contributed by atoms with E-state index in [-0.39, 0.29) is 0 Å². The molecule has 4 aromatic heterocycles. The highest BCUT2D eigenvalue weighted by Gasteiger charge is 2.08. The second-order valence-corrected chi connectivity index (χ2v) is 4.64. The minimum Gasteiger partial charge on any atom is -0.376 e. The number of anilines is 1. The van der Waals surface area contributed by atoms with Crippen LogP contribution in [0, 0.1) is 5.82 Å². The smallest absolute Gasteiger partial charge is 0.177 e. The lowest BCUT2D eigenvalue weighted by Crippen LogP contribution is -2.06. The Hall–Kier alpha value is -3.16. The molecule has 4 heterocycles. The molecule has 0 bridgehead atoms. The summed E-state index contributed by atoms with van der Waals surface area (Å²) in [7, 11) is 0. The van der Waals surface area contributed by atoms with Gasteiger partial charge in [-0.25, -0.2) is 9.37 Å². The zero-order valence-electron chi connectivity index (χ0n) is 11.3. The molecule has 8 heteroatoms. The lowest BCUT2D eigenvalue weighted by Gasteiger charge is -2.07. The van der Waals surface area contributed by atoms with Crippen molar-refractivity contribution < 1.29 is 4.39 Å². The quantitative estimate of drug-likeness (QED) is 0.621. The normalized spacial score (nSPS) is 11.1. The van der Waals surface area contributed by atoms with Gasteiger partial charge in [0.15, 0.2) is 11.5 Å². The summed E-state index contributed by atoms with van der Waals surface area (Å²) in [4.78, 5) is 8.19. The topological polar surface area (TPSA) is 80.9 Å². The van der Waals surface area contributed by atoms with E-state index >= 15 is 0 Å². The number of aromatic nitrogens is 6. The molecule has 0 aliphatic heterocycles. The molecule has 0 aromatic carbocycles. The van der Waals surface area contributed by atoms with E-state index in [4.69, 9.17) is 0 Å². The number of fused-ring (bicyclic) bond motifs is 2. The minimum absolute atomic E-state index is 0.412. The highest BCUT2D eigenvalue weighted by atomic mass is 19.1.